The summed E-state index contributed by atoms with van der Waals surface area (Å²) in [5.41, 5.74) is 5.97. The van der Waals surface area contributed by atoms with Crippen LogP contribution in [0.4, 0.5) is 5.82 Å². The summed E-state index contributed by atoms with van der Waals surface area (Å²) in [6.07, 6.45) is 3.16. The van der Waals surface area contributed by atoms with Crippen LogP contribution in [0.1, 0.15) is 6.92 Å². The summed E-state index contributed by atoms with van der Waals surface area (Å²) in [5, 5.41) is 0.0660. The average Bonchev–Trinajstić information content (AvgIpc) is 2.60. The fourth-order valence-electron chi connectivity index (χ4n) is 1.97. The second kappa shape index (κ2) is 7.10. The molecule has 0 saturated heterocycles. The van der Waals surface area contributed by atoms with E-state index >= 15 is 0 Å². The van der Waals surface area contributed by atoms with E-state index < -0.39 is 0 Å². The zero-order valence-corrected chi connectivity index (χ0v) is 13.6. The van der Waals surface area contributed by atoms with E-state index in [1.54, 1.807) is 30.6 Å². The van der Waals surface area contributed by atoms with E-state index in [2.05, 4.69) is 19.9 Å². The van der Waals surface area contributed by atoms with Crippen LogP contribution in [0, 0.1) is 0 Å². The Bertz CT molecular complexity index is 822. The number of hydrogen-bond donors (Lipinski definition) is 1. The highest BCUT2D eigenvalue weighted by Gasteiger charge is 2.17. The first-order valence-corrected chi connectivity index (χ1v) is 7.57. The van der Waals surface area contributed by atoms with Crippen molar-refractivity contribution in [3.8, 4) is 28.9 Å². The molecule has 0 spiro atoms. The lowest BCUT2D eigenvalue weighted by Gasteiger charge is -2.13. The number of nitrogens with two attached hydrogens (primary N) is 1. The molecule has 0 aliphatic rings. The quantitative estimate of drug-likeness (QED) is 0.709. The van der Waals surface area contributed by atoms with E-state index in [0.717, 1.165) is 0 Å². The van der Waals surface area contributed by atoms with E-state index in [4.69, 9.17) is 26.8 Å². The Kier molecular flexibility index (Phi) is 4.72. The van der Waals surface area contributed by atoms with Crippen LogP contribution in [0.2, 0.25) is 5.15 Å². The van der Waals surface area contributed by atoms with Crippen LogP contribution in [0.3, 0.4) is 0 Å². The van der Waals surface area contributed by atoms with Gasteiger partial charge in [0, 0.05) is 12.4 Å². The molecule has 3 aromatic rings. The number of nitrogen functional groups attached to an aromatic ring is 1. The van der Waals surface area contributed by atoms with Crippen molar-refractivity contribution >= 4 is 17.4 Å². The van der Waals surface area contributed by atoms with Crippen molar-refractivity contribution in [2.75, 3.05) is 12.3 Å². The fourth-order valence-corrected chi connectivity index (χ4v) is 2.18. The van der Waals surface area contributed by atoms with Gasteiger partial charge in [0.15, 0.2) is 28.3 Å². The Labute approximate surface area is 143 Å². The van der Waals surface area contributed by atoms with Gasteiger partial charge >= 0.3 is 0 Å². The van der Waals surface area contributed by atoms with E-state index in [9.17, 15) is 0 Å². The number of anilines is 1. The van der Waals surface area contributed by atoms with Gasteiger partial charge in [-0.05, 0) is 25.1 Å². The first-order valence-electron chi connectivity index (χ1n) is 7.19. The fraction of sp³-hybridized carbons (Fsp3) is 0.125. The molecule has 2 heterocycles. The van der Waals surface area contributed by atoms with Crippen LogP contribution in [0.5, 0.6) is 17.2 Å². The Morgan fingerprint density at radius 2 is 1.71 bits per heavy atom. The van der Waals surface area contributed by atoms with E-state index in [-0.39, 0.29) is 22.5 Å². The molecule has 0 unspecified atom stereocenters. The maximum atomic E-state index is 6.21. The molecular weight excluding hydrogens is 330 g/mol. The number of hydrogen-bond acceptors (Lipinski definition) is 7. The Balaban J connectivity index is 1.96. The van der Waals surface area contributed by atoms with Crippen LogP contribution in [-0.2, 0) is 0 Å². The molecule has 0 aliphatic heterocycles. The lowest BCUT2D eigenvalue weighted by atomic mass is 10.3. The van der Waals surface area contributed by atoms with Gasteiger partial charge in [0.05, 0.1) is 6.61 Å². The maximum absolute atomic E-state index is 6.21. The van der Waals surface area contributed by atoms with Crippen molar-refractivity contribution in [1.29, 1.82) is 0 Å². The molecule has 7 nitrogen and oxygen atoms in total. The summed E-state index contributed by atoms with van der Waals surface area (Å²) < 4.78 is 11.3. The van der Waals surface area contributed by atoms with Crippen molar-refractivity contribution in [2.24, 2.45) is 0 Å². The summed E-state index contributed by atoms with van der Waals surface area (Å²) in [6, 6.07) is 8.88. The van der Waals surface area contributed by atoms with Crippen LogP contribution in [0.15, 0.2) is 42.7 Å². The van der Waals surface area contributed by atoms with Crippen molar-refractivity contribution in [3.63, 3.8) is 0 Å². The number of benzene rings is 1. The number of aromatic nitrogens is 4. The van der Waals surface area contributed by atoms with Gasteiger partial charge in [-0.25, -0.2) is 19.9 Å². The summed E-state index contributed by atoms with van der Waals surface area (Å²) in [5.74, 6) is 1.84. The van der Waals surface area contributed by atoms with Gasteiger partial charge < -0.3 is 15.2 Å². The topological polar surface area (TPSA) is 96.0 Å². The summed E-state index contributed by atoms with van der Waals surface area (Å²) in [4.78, 5) is 16.5. The van der Waals surface area contributed by atoms with Gasteiger partial charge in [0.25, 0.3) is 0 Å². The maximum Gasteiger partial charge on any atom is 0.206 e. The third-order valence-electron chi connectivity index (χ3n) is 2.98. The minimum absolute atomic E-state index is 0.0660. The van der Waals surface area contributed by atoms with Gasteiger partial charge in [-0.3, -0.25) is 0 Å². The molecule has 0 bridgehead atoms. The van der Waals surface area contributed by atoms with Crippen LogP contribution in [0.25, 0.3) is 11.6 Å². The van der Waals surface area contributed by atoms with Crippen molar-refractivity contribution in [3.05, 3.63) is 47.9 Å². The second-order valence-electron chi connectivity index (χ2n) is 4.61. The number of ether oxygens (including phenoxy) is 2. The molecule has 0 aliphatic carbocycles. The number of nitrogens with zero attached hydrogens (tertiary/aromatic N) is 4. The molecule has 122 valence electrons. The highest BCUT2D eigenvalue weighted by Crippen LogP contribution is 2.37. The van der Waals surface area contributed by atoms with E-state index in [0.29, 0.717) is 23.9 Å². The van der Waals surface area contributed by atoms with Gasteiger partial charge in [-0.15, -0.1) is 0 Å². The molecule has 1 aromatic carbocycles. The van der Waals surface area contributed by atoms with Gasteiger partial charge in [0.2, 0.25) is 11.6 Å². The van der Waals surface area contributed by atoms with Crippen molar-refractivity contribution < 1.29 is 9.47 Å². The first kappa shape index (κ1) is 15.9. The Hall–Kier alpha value is -2.93. The molecule has 0 fully saturated rings. The third kappa shape index (κ3) is 3.36. The molecule has 2 N–H and O–H groups in total. The highest BCUT2D eigenvalue weighted by atomic mass is 35.5. The lowest BCUT2D eigenvalue weighted by molar-refractivity contribution is 0.321. The zero-order valence-electron chi connectivity index (χ0n) is 12.8. The smallest absolute Gasteiger partial charge is 0.206 e. The number of para-hydroxylation sites is 2. The predicted octanol–water partition coefficient (Wildman–Crippen LogP) is 3.36. The molecule has 24 heavy (non-hydrogen) atoms. The Morgan fingerprint density at radius 1 is 1.00 bits per heavy atom. The second-order valence-corrected chi connectivity index (χ2v) is 4.96. The zero-order chi connectivity index (χ0) is 16.9. The monoisotopic (exact) mass is 343 g/mol. The highest BCUT2D eigenvalue weighted by molar-refractivity contribution is 6.31. The standard InChI is InChI=1S/C16H14ClN5O2/c1-2-23-10-6-3-4-7-11(10)24-12-13(17)21-16(22-14(12)18)15-19-8-5-9-20-15/h3-9H,2H2,1H3,(H2,18,21,22). The van der Waals surface area contributed by atoms with Gasteiger partial charge in [-0.2, -0.15) is 0 Å². The lowest BCUT2D eigenvalue weighted by Crippen LogP contribution is -2.03. The molecule has 0 radical (unpaired) electrons. The van der Waals surface area contributed by atoms with Crippen molar-refractivity contribution in [2.45, 2.75) is 6.92 Å². The van der Waals surface area contributed by atoms with Crippen LogP contribution < -0.4 is 15.2 Å². The largest absolute Gasteiger partial charge is 0.490 e. The van der Waals surface area contributed by atoms with Crippen LogP contribution >= 0.6 is 11.6 Å². The summed E-state index contributed by atoms with van der Waals surface area (Å²) in [6.45, 7) is 2.39. The molecule has 0 atom stereocenters. The SMILES string of the molecule is CCOc1ccccc1Oc1c(N)nc(-c2ncccn2)nc1Cl. The number of halogens is 1. The summed E-state index contributed by atoms with van der Waals surface area (Å²) >= 11 is 6.21. The minimum atomic E-state index is 0.0660. The predicted molar refractivity (Wildman–Crippen MR) is 90.2 cm³/mol. The number of rotatable bonds is 5. The first-order chi connectivity index (χ1) is 11.7. The third-order valence-corrected chi connectivity index (χ3v) is 3.23. The average molecular weight is 344 g/mol. The van der Waals surface area contributed by atoms with Crippen molar-refractivity contribution in [1.82, 2.24) is 19.9 Å². The van der Waals surface area contributed by atoms with Crippen LogP contribution in [-0.4, -0.2) is 26.5 Å². The molecule has 3 rings (SSSR count). The molecule has 2 aromatic heterocycles. The minimum Gasteiger partial charge on any atom is -0.490 e. The Morgan fingerprint density at radius 3 is 2.38 bits per heavy atom. The van der Waals surface area contributed by atoms with Gasteiger partial charge in [0.1, 0.15) is 0 Å². The molecule has 0 amide bonds. The van der Waals surface area contributed by atoms with E-state index in [1.165, 1.54) is 0 Å². The van der Waals surface area contributed by atoms with E-state index in [1.807, 2.05) is 19.1 Å². The van der Waals surface area contributed by atoms with Gasteiger partial charge in [-0.1, -0.05) is 23.7 Å². The molecule has 0 saturated carbocycles. The normalized spacial score (nSPS) is 10.4. The summed E-state index contributed by atoms with van der Waals surface area (Å²) in [7, 11) is 0. The molecular formula is C16H14ClN5O2. The molecule has 8 heteroatoms.